The third-order valence-corrected chi connectivity index (χ3v) is 4.57. The predicted octanol–water partition coefficient (Wildman–Crippen LogP) is 3.88. The molecule has 0 radical (unpaired) electrons. The second kappa shape index (κ2) is 9.89. The first-order valence-corrected chi connectivity index (χ1v) is 9.70. The van der Waals surface area contributed by atoms with E-state index in [1.165, 1.54) is 0 Å². The van der Waals surface area contributed by atoms with Crippen LogP contribution >= 0.6 is 0 Å². The van der Waals surface area contributed by atoms with Crippen LogP contribution in [0.5, 0.6) is 11.6 Å². The molecule has 29 heavy (non-hydrogen) atoms. The number of nitrogens with zero attached hydrogens (tertiary/aromatic N) is 2. The quantitative estimate of drug-likeness (QED) is 0.560. The van der Waals surface area contributed by atoms with Gasteiger partial charge in [-0.25, -0.2) is 4.68 Å². The Hall–Kier alpha value is -3.12. The first-order chi connectivity index (χ1) is 14.1. The summed E-state index contributed by atoms with van der Waals surface area (Å²) < 4.78 is 12.9. The van der Waals surface area contributed by atoms with Gasteiger partial charge in [0.2, 0.25) is 11.8 Å². The van der Waals surface area contributed by atoms with Gasteiger partial charge in [0.1, 0.15) is 5.75 Å². The van der Waals surface area contributed by atoms with Gasteiger partial charge in [-0.2, -0.15) is 5.10 Å². The summed E-state index contributed by atoms with van der Waals surface area (Å²) in [5, 5.41) is 7.56. The van der Waals surface area contributed by atoms with Crippen LogP contribution in [0.25, 0.3) is 11.3 Å². The summed E-state index contributed by atoms with van der Waals surface area (Å²) in [6.07, 6.45) is 0.872. The van der Waals surface area contributed by atoms with E-state index in [1.807, 2.05) is 68.6 Å². The molecule has 152 valence electrons. The third kappa shape index (κ3) is 5.45. The molecule has 0 aliphatic rings. The molecule has 0 fully saturated rings. The van der Waals surface area contributed by atoms with E-state index < -0.39 is 0 Å². The van der Waals surface area contributed by atoms with E-state index in [4.69, 9.17) is 14.6 Å². The largest absolute Gasteiger partial charge is 0.439 e. The molecular formula is C23H27N3O3. The van der Waals surface area contributed by atoms with E-state index in [9.17, 15) is 4.79 Å². The molecule has 6 heteroatoms. The van der Waals surface area contributed by atoms with E-state index in [2.05, 4.69) is 5.32 Å². The standard InChI is InChI=1S/C23H27N3O3/c1-17-8-7-11-19(16-17)29-23-20(12-13-21(27)24-14-15-28-3)22(25-26(23)2)18-9-5-4-6-10-18/h4-11,16H,12-15H2,1-3H3,(H,24,27). The fraction of sp³-hybridized carbons (Fsp3) is 0.304. The molecule has 3 rings (SSSR count). The van der Waals surface area contributed by atoms with E-state index in [0.29, 0.717) is 31.9 Å². The minimum atomic E-state index is -0.0218. The maximum Gasteiger partial charge on any atom is 0.221 e. The molecular weight excluding hydrogens is 366 g/mol. The highest BCUT2D eigenvalue weighted by Crippen LogP contribution is 2.34. The third-order valence-electron chi connectivity index (χ3n) is 4.57. The van der Waals surface area contributed by atoms with Gasteiger partial charge in [0.15, 0.2) is 0 Å². The van der Waals surface area contributed by atoms with Crippen molar-refractivity contribution in [2.45, 2.75) is 19.8 Å². The maximum absolute atomic E-state index is 12.2. The number of nitrogens with one attached hydrogen (secondary N) is 1. The fourth-order valence-electron chi connectivity index (χ4n) is 3.14. The minimum Gasteiger partial charge on any atom is -0.439 e. The molecule has 2 aromatic carbocycles. The van der Waals surface area contributed by atoms with Crippen LogP contribution in [-0.2, 0) is 23.0 Å². The van der Waals surface area contributed by atoms with Gasteiger partial charge in [-0.1, -0.05) is 42.5 Å². The molecule has 0 saturated carbocycles. The number of methoxy groups -OCH3 is 1. The Morgan fingerprint density at radius 2 is 1.93 bits per heavy atom. The zero-order valence-corrected chi connectivity index (χ0v) is 17.1. The van der Waals surface area contributed by atoms with Crippen molar-refractivity contribution in [1.29, 1.82) is 0 Å². The van der Waals surface area contributed by atoms with Crippen molar-refractivity contribution in [3.8, 4) is 22.9 Å². The van der Waals surface area contributed by atoms with Crippen molar-refractivity contribution < 1.29 is 14.3 Å². The minimum absolute atomic E-state index is 0.0218. The Balaban J connectivity index is 1.88. The van der Waals surface area contributed by atoms with Gasteiger partial charge >= 0.3 is 0 Å². The Morgan fingerprint density at radius 3 is 2.66 bits per heavy atom. The molecule has 1 amide bonds. The normalized spacial score (nSPS) is 10.7. The molecule has 0 atom stereocenters. The number of hydrogen-bond donors (Lipinski definition) is 1. The van der Waals surface area contributed by atoms with Crippen molar-refractivity contribution in [3.05, 3.63) is 65.7 Å². The Bertz CT molecular complexity index is 951. The van der Waals surface area contributed by atoms with Crippen molar-refractivity contribution in [3.63, 3.8) is 0 Å². The lowest BCUT2D eigenvalue weighted by atomic mass is 10.0. The number of benzene rings is 2. The molecule has 0 unspecified atom stereocenters. The summed E-state index contributed by atoms with van der Waals surface area (Å²) in [5.74, 6) is 1.38. The van der Waals surface area contributed by atoms with E-state index in [1.54, 1.807) is 11.8 Å². The lowest BCUT2D eigenvalue weighted by Crippen LogP contribution is -2.27. The van der Waals surface area contributed by atoms with Crippen LogP contribution in [0.1, 0.15) is 17.5 Å². The molecule has 0 aliphatic heterocycles. The van der Waals surface area contributed by atoms with Gasteiger partial charge in [0.25, 0.3) is 0 Å². The van der Waals surface area contributed by atoms with E-state index in [-0.39, 0.29) is 5.91 Å². The summed E-state index contributed by atoms with van der Waals surface area (Å²) in [5.41, 5.74) is 3.87. The fourth-order valence-corrected chi connectivity index (χ4v) is 3.14. The van der Waals surface area contributed by atoms with Crippen LogP contribution in [0.4, 0.5) is 0 Å². The average molecular weight is 393 g/mol. The number of amides is 1. The van der Waals surface area contributed by atoms with Crippen molar-refractivity contribution in [2.24, 2.45) is 7.05 Å². The van der Waals surface area contributed by atoms with Gasteiger partial charge in [-0.05, 0) is 31.0 Å². The van der Waals surface area contributed by atoms with Crippen molar-refractivity contribution >= 4 is 5.91 Å². The molecule has 0 bridgehead atoms. The SMILES string of the molecule is COCCNC(=O)CCc1c(-c2ccccc2)nn(C)c1Oc1cccc(C)c1. The molecule has 1 aromatic heterocycles. The smallest absolute Gasteiger partial charge is 0.221 e. The molecule has 0 spiro atoms. The Morgan fingerprint density at radius 1 is 1.14 bits per heavy atom. The summed E-state index contributed by atoms with van der Waals surface area (Å²) in [6, 6.07) is 17.8. The molecule has 6 nitrogen and oxygen atoms in total. The number of carbonyl (C=O) groups is 1. The van der Waals surface area contributed by atoms with Crippen LogP contribution in [0, 0.1) is 6.92 Å². The second-order valence-electron chi connectivity index (χ2n) is 6.88. The van der Waals surface area contributed by atoms with Crippen molar-refractivity contribution in [1.82, 2.24) is 15.1 Å². The van der Waals surface area contributed by atoms with Gasteiger partial charge in [-0.15, -0.1) is 0 Å². The molecule has 0 aliphatic carbocycles. The highest BCUT2D eigenvalue weighted by Gasteiger charge is 2.20. The van der Waals surface area contributed by atoms with Crippen LogP contribution < -0.4 is 10.1 Å². The van der Waals surface area contributed by atoms with Crippen LogP contribution in [0.2, 0.25) is 0 Å². The number of aromatic nitrogens is 2. The van der Waals surface area contributed by atoms with E-state index in [0.717, 1.165) is 28.1 Å². The highest BCUT2D eigenvalue weighted by molar-refractivity contribution is 5.77. The Labute approximate surface area is 171 Å². The number of rotatable bonds is 9. The summed E-state index contributed by atoms with van der Waals surface area (Å²) >= 11 is 0. The number of carbonyl (C=O) groups excluding carboxylic acids is 1. The summed E-state index contributed by atoms with van der Waals surface area (Å²) in [7, 11) is 3.47. The second-order valence-corrected chi connectivity index (χ2v) is 6.88. The monoisotopic (exact) mass is 393 g/mol. The number of ether oxygens (including phenoxy) is 2. The highest BCUT2D eigenvalue weighted by atomic mass is 16.5. The lowest BCUT2D eigenvalue weighted by Gasteiger charge is -2.10. The lowest BCUT2D eigenvalue weighted by molar-refractivity contribution is -0.121. The van der Waals surface area contributed by atoms with Crippen LogP contribution in [0.3, 0.4) is 0 Å². The Kier molecular flexibility index (Phi) is 7.03. The first kappa shape index (κ1) is 20.6. The van der Waals surface area contributed by atoms with Crippen LogP contribution in [-0.4, -0.2) is 35.9 Å². The zero-order chi connectivity index (χ0) is 20.6. The molecule has 1 N–H and O–H groups in total. The van der Waals surface area contributed by atoms with Crippen molar-refractivity contribution in [2.75, 3.05) is 20.3 Å². The van der Waals surface area contributed by atoms with E-state index >= 15 is 0 Å². The van der Waals surface area contributed by atoms with Gasteiger partial charge in [-0.3, -0.25) is 4.79 Å². The maximum atomic E-state index is 12.2. The number of aryl methyl sites for hydroxylation is 2. The van der Waals surface area contributed by atoms with Crippen LogP contribution in [0.15, 0.2) is 54.6 Å². The summed E-state index contributed by atoms with van der Waals surface area (Å²) in [6.45, 7) is 3.02. The topological polar surface area (TPSA) is 65.4 Å². The average Bonchev–Trinajstić information content (AvgIpc) is 3.03. The predicted molar refractivity (Wildman–Crippen MR) is 113 cm³/mol. The zero-order valence-electron chi connectivity index (χ0n) is 17.1. The van der Waals surface area contributed by atoms with Gasteiger partial charge < -0.3 is 14.8 Å². The first-order valence-electron chi connectivity index (χ1n) is 9.70. The molecule has 3 aromatic rings. The molecule has 0 saturated heterocycles. The number of hydrogen-bond acceptors (Lipinski definition) is 4. The molecule has 1 heterocycles. The van der Waals surface area contributed by atoms with Gasteiger partial charge in [0.05, 0.1) is 12.3 Å². The van der Waals surface area contributed by atoms with Gasteiger partial charge in [0, 0.05) is 38.2 Å². The summed E-state index contributed by atoms with van der Waals surface area (Å²) in [4.78, 5) is 12.2.